The molecule has 1 amide bonds. The van der Waals surface area contributed by atoms with Gasteiger partial charge in [-0.1, -0.05) is 20.8 Å². The zero-order valence-corrected chi connectivity index (χ0v) is 12.7. The molecule has 1 aliphatic rings. The van der Waals surface area contributed by atoms with Gasteiger partial charge in [-0.25, -0.2) is 4.98 Å². The minimum absolute atomic E-state index is 0.0554. The number of nitrogens with zero attached hydrogens (tertiary/aromatic N) is 2. The van der Waals surface area contributed by atoms with E-state index in [1.807, 2.05) is 0 Å². The van der Waals surface area contributed by atoms with Gasteiger partial charge in [0, 0.05) is 30.6 Å². The number of carbonyl (C=O) groups excluding carboxylic acids is 1. The van der Waals surface area contributed by atoms with Gasteiger partial charge >= 0.3 is 0 Å². The van der Waals surface area contributed by atoms with E-state index in [0.29, 0.717) is 5.56 Å². The lowest BCUT2D eigenvalue weighted by atomic mass is 9.93. The number of nitrogens with one attached hydrogen (secondary N) is 1. The zero-order valence-electron chi connectivity index (χ0n) is 12.7. The van der Waals surface area contributed by atoms with E-state index in [9.17, 15) is 4.79 Å². The van der Waals surface area contributed by atoms with Crippen molar-refractivity contribution in [3.63, 3.8) is 0 Å². The van der Waals surface area contributed by atoms with Crippen LogP contribution >= 0.6 is 0 Å². The van der Waals surface area contributed by atoms with Gasteiger partial charge in [0.2, 0.25) is 0 Å². The van der Waals surface area contributed by atoms with Crippen LogP contribution in [0.25, 0.3) is 0 Å². The number of aromatic nitrogens is 2. The Morgan fingerprint density at radius 2 is 2.29 bits per heavy atom. The highest BCUT2D eigenvalue weighted by Crippen LogP contribution is 2.24. The van der Waals surface area contributed by atoms with Gasteiger partial charge in [0.25, 0.3) is 5.91 Å². The molecule has 1 aliphatic heterocycles. The molecule has 0 spiro atoms. The molecule has 5 heteroatoms. The number of rotatable bonds is 2. The second kappa shape index (κ2) is 5.06. The second-order valence-electron chi connectivity index (χ2n) is 6.67. The number of furan rings is 1. The molecule has 2 aromatic heterocycles. The lowest BCUT2D eigenvalue weighted by Gasteiger charge is -2.24. The van der Waals surface area contributed by atoms with Gasteiger partial charge in [-0.2, -0.15) is 0 Å². The summed E-state index contributed by atoms with van der Waals surface area (Å²) in [5, 5.41) is 3.06. The molecule has 0 aromatic carbocycles. The van der Waals surface area contributed by atoms with Crippen LogP contribution in [-0.4, -0.2) is 21.5 Å². The molecule has 0 saturated carbocycles. The summed E-state index contributed by atoms with van der Waals surface area (Å²) in [5.74, 6) is 1.04. The Kier molecular flexibility index (Phi) is 3.35. The first-order valence-corrected chi connectivity index (χ1v) is 7.33. The van der Waals surface area contributed by atoms with Crippen molar-refractivity contribution >= 4 is 5.91 Å². The van der Waals surface area contributed by atoms with Gasteiger partial charge in [-0.05, 0) is 12.5 Å². The Labute approximate surface area is 124 Å². The molecule has 2 aromatic rings. The van der Waals surface area contributed by atoms with Crippen LogP contribution < -0.4 is 5.32 Å². The fourth-order valence-electron chi connectivity index (χ4n) is 2.59. The Balaban J connectivity index is 1.70. The average molecular weight is 287 g/mol. The summed E-state index contributed by atoms with van der Waals surface area (Å²) in [4.78, 5) is 16.8. The summed E-state index contributed by atoms with van der Waals surface area (Å²) >= 11 is 0. The largest absolute Gasteiger partial charge is 0.472 e. The van der Waals surface area contributed by atoms with Gasteiger partial charge in [0.15, 0.2) is 0 Å². The van der Waals surface area contributed by atoms with Crippen molar-refractivity contribution < 1.29 is 9.21 Å². The molecule has 0 unspecified atom stereocenters. The van der Waals surface area contributed by atoms with Gasteiger partial charge in [-0.3, -0.25) is 4.79 Å². The molecule has 112 valence electrons. The van der Waals surface area contributed by atoms with Crippen molar-refractivity contribution in [1.82, 2.24) is 14.9 Å². The first kappa shape index (κ1) is 13.9. The van der Waals surface area contributed by atoms with Crippen LogP contribution in [0.1, 0.15) is 49.1 Å². The van der Waals surface area contributed by atoms with E-state index in [0.717, 1.165) is 30.9 Å². The second-order valence-corrected chi connectivity index (χ2v) is 6.67. The van der Waals surface area contributed by atoms with E-state index >= 15 is 0 Å². The van der Waals surface area contributed by atoms with Gasteiger partial charge in [0.05, 0.1) is 17.5 Å². The highest BCUT2D eigenvalue weighted by molar-refractivity contribution is 5.93. The topological polar surface area (TPSA) is 60.1 Å². The number of imidazole rings is 1. The summed E-state index contributed by atoms with van der Waals surface area (Å²) < 4.78 is 7.12. The molecule has 21 heavy (non-hydrogen) atoms. The quantitative estimate of drug-likeness (QED) is 0.923. The van der Waals surface area contributed by atoms with Gasteiger partial charge in [0.1, 0.15) is 12.1 Å². The summed E-state index contributed by atoms with van der Waals surface area (Å²) in [5.41, 5.74) is 1.74. The number of amides is 1. The normalized spacial score (nSPS) is 18.3. The van der Waals surface area contributed by atoms with Crippen LogP contribution in [-0.2, 0) is 18.4 Å². The molecular weight excluding hydrogens is 266 g/mol. The van der Waals surface area contributed by atoms with Gasteiger partial charge in [-0.15, -0.1) is 0 Å². The Morgan fingerprint density at radius 3 is 2.95 bits per heavy atom. The van der Waals surface area contributed by atoms with Crippen LogP contribution in [0, 0.1) is 0 Å². The number of carbonyl (C=O) groups is 1. The minimum Gasteiger partial charge on any atom is -0.472 e. The predicted octanol–water partition coefficient (Wildman–Crippen LogP) is 2.52. The highest BCUT2D eigenvalue weighted by Gasteiger charge is 2.25. The van der Waals surface area contributed by atoms with E-state index in [1.54, 1.807) is 6.07 Å². The van der Waals surface area contributed by atoms with Gasteiger partial charge < -0.3 is 14.3 Å². The highest BCUT2D eigenvalue weighted by atomic mass is 16.3. The average Bonchev–Trinajstić information content (AvgIpc) is 3.06. The van der Waals surface area contributed by atoms with E-state index in [1.165, 1.54) is 12.5 Å². The molecular formula is C16H21N3O2. The molecule has 1 N–H and O–H groups in total. The first-order chi connectivity index (χ1) is 9.93. The van der Waals surface area contributed by atoms with E-state index in [2.05, 4.69) is 36.9 Å². The monoisotopic (exact) mass is 287 g/mol. The SMILES string of the molecule is CC(C)(C)c1cn2c(n1)CC[C@H](NC(=O)c1ccoc1)C2. The molecule has 0 saturated heterocycles. The molecule has 0 aliphatic carbocycles. The summed E-state index contributed by atoms with van der Waals surface area (Å²) in [6.07, 6.45) is 6.92. The number of hydrogen-bond acceptors (Lipinski definition) is 3. The third-order valence-electron chi connectivity index (χ3n) is 3.88. The molecule has 3 heterocycles. The molecule has 5 nitrogen and oxygen atoms in total. The summed E-state index contributed by atoms with van der Waals surface area (Å²) in [7, 11) is 0. The number of fused-ring (bicyclic) bond motifs is 1. The van der Waals surface area contributed by atoms with Crippen molar-refractivity contribution in [2.45, 2.75) is 51.6 Å². The third-order valence-corrected chi connectivity index (χ3v) is 3.88. The minimum atomic E-state index is -0.0756. The fourth-order valence-corrected chi connectivity index (χ4v) is 2.59. The zero-order chi connectivity index (χ0) is 15.0. The van der Waals surface area contributed by atoms with Crippen molar-refractivity contribution in [3.05, 3.63) is 41.9 Å². The Bertz CT molecular complexity index is 635. The smallest absolute Gasteiger partial charge is 0.254 e. The van der Waals surface area contributed by atoms with Crippen LogP contribution in [0.4, 0.5) is 0 Å². The lowest BCUT2D eigenvalue weighted by molar-refractivity contribution is 0.0927. The standard InChI is InChI=1S/C16H21N3O2/c1-16(2,3)13-9-19-8-12(4-5-14(19)18-13)17-15(20)11-6-7-21-10-11/h6-7,9-10,12H,4-5,8H2,1-3H3,(H,17,20)/t12-/m0/s1. The number of hydrogen-bond donors (Lipinski definition) is 1. The van der Waals surface area contributed by atoms with Crippen molar-refractivity contribution in [2.75, 3.05) is 0 Å². The maximum Gasteiger partial charge on any atom is 0.254 e. The molecule has 0 bridgehead atoms. The summed E-state index contributed by atoms with van der Waals surface area (Å²) in [6, 6.07) is 1.82. The summed E-state index contributed by atoms with van der Waals surface area (Å²) in [6.45, 7) is 7.28. The van der Waals surface area contributed by atoms with Crippen molar-refractivity contribution in [1.29, 1.82) is 0 Å². The molecule has 3 rings (SSSR count). The van der Waals surface area contributed by atoms with E-state index in [4.69, 9.17) is 9.40 Å². The van der Waals surface area contributed by atoms with Crippen LogP contribution in [0.15, 0.2) is 29.2 Å². The molecule has 0 fully saturated rings. The third kappa shape index (κ3) is 2.86. The lowest BCUT2D eigenvalue weighted by Crippen LogP contribution is -2.40. The fraction of sp³-hybridized carbons (Fsp3) is 0.500. The van der Waals surface area contributed by atoms with Crippen LogP contribution in [0.5, 0.6) is 0 Å². The molecule has 1 atom stereocenters. The van der Waals surface area contributed by atoms with Crippen molar-refractivity contribution in [3.8, 4) is 0 Å². The Morgan fingerprint density at radius 1 is 1.48 bits per heavy atom. The van der Waals surface area contributed by atoms with Crippen LogP contribution in [0.3, 0.4) is 0 Å². The van der Waals surface area contributed by atoms with E-state index in [-0.39, 0.29) is 17.4 Å². The first-order valence-electron chi connectivity index (χ1n) is 7.33. The van der Waals surface area contributed by atoms with Crippen molar-refractivity contribution in [2.24, 2.45) is 0 Å². The maximum absolute atomic E-state index is 12.1. The Hall–Kier alpha value is -2.04. The number of aryl methyl sites for hydroxylation is 1. The van der Waals surface area contributed by atoms with Crippen LogP contribution in [0.2, 0.25) is 0 Å². The maximum atomic E-state index is 12.1. The van der Waals surface area contributed by atoms with E-state index < -0.39 is 0 Å². The predicted molar refractivity (Wildman–Crippen MR) is 79.2 cm³/mol. The molecule has 0 radical (unpaired) electrons.